The van der Waals surface area contributed by atoms with Crippen LogP contribution < -0.4 is 5.32 Å². The number of hydrogen-bond donors (Lipinski definition) is 2. The number of piperidine rings is 1. The topological polar surface area (TPSA) is 69.6 Å². The van der Waals surface area contributed by atoms with Crippen molar-refractivity contribution in [1.29, 1.82) is 0 Å². The molecule has 1 aromatic carbocycles. The fourth-order valence-electron chi connectivity index (χ4n) is 4.25. The summed E-state index contributed by atoms with van der Waals surface area (Å²) in [6, 6.07) is 5.52. The van der Waals surface area contributed by atoms with Crippen molar-refractivity contribution < 1.29 is 14.7 Å². The second-order valence-electron chi connectivity index (χ2n) is 8.23. The summed E-state index contributed by atoms with van der Waals surface area (Å²) in [5, 5.41) is 12.6. The lowest BCUT2D eigenvalue weighted by Crippen LogP contribution is -2.35. The average molecular weight is 451 g/mol. The van der Waals surface area contributed by atoms with Gasteiger partial charge in [0.25, 0.3) is 5.91 Å². The molecule has 5 nitrogen and oxygen atoms in total. The zero-order chi connectivity index (χ0) is 20.6. The molecule has 2 fully saturated rings. The van der Waals surface area contributed by atoms with E-state index in [1.807, 2.05) is 12.1 Å². The third-order valence-corrected chi connectivity index (χ3v) is 6.39. The van der Waals surface area contributed by atoms with Crippen molar-refractivity contribution in [2.24, 2.45) is 5.92 Å². The van der Waals surface area contributed by atoms with E-state index in [4.69, 9.17) is 16.7 Å². The Labute approximate surface area is 192 Å². The predicted molar refractivity (Wildman–Crippen MR) is 130 cm³/mol. The van der Waals surface area contributed by atoms with Crippen LogP contribution in [0.2, 0.25) is 5.02 Å². The Kier molecular flexibility index (Phi) is 11.7. The zero-order valence-electron chi connectivity index (χ0n) is 17.0. The lowest BCUT2D eigenvalue weighted by Gasteiger charge is -2.25. The van der Waals surface area contributed by atoms with Crippen LogP contribution in [-0.2, 0) is 0 Å². The molecule has 2 aliphatic rings. The van der Waals surface area contributed by atoms with E-state index >= 15 is 0 Å². The molecule has 3 rings (SSSR count). The molecule has 0 aromatic heterocycles. The Morgan fingerprint density at radius 1 is 1.06 bits per heavy atom. The largest absolute Gasteiger partial charge is 0.465 e. The number of halogens is 1. The third kappa shape index (κ3) is 8.21. The van der Waals surface area contributed by atoms with E-state index in [1.54, 1.807) is 6.07 Å². The molecule has 1 saturated carbocycles. The van der Waals surface area contributed by atoms with Crippen LogP contribution in [0.15, 0.2) is 23.8 Å². The molecule has 174 valence electrons. The zero-order valence-corrected chi connectivity index (χ0v) is 17.7. The monoisotopic (exact) mass is 450 g/mol. The Hall–Kier alpha value is -2.01. The number of carbonyl (C=O) groups excluding carboxylic acids is 1. The number of nitrogens with one attached hydrogen (secondary N) is 1. The molecule has 2 N–H and O–H groups in total. The summed E-state index contributed by atoms with van der Waals surface area (Å²) < 4.78 is 0. The van der Waals surface area contributed by atoms with Crippen molar-refractivity contribution >= 4 is 29.7 Å². The van der Waals surface area contributed by atoms with Crippen molar-refractivity contribution in [1.82, 2.24) is 10.2 Å². The number of hydrogen-bond acceptors (Lipinski definition) is 2. The Bertz CT molecular complexity index is 745. The van der Waals surface area contributed by atoms with Gasteiger partial charge in [-0.05, 0) is 49.3 Å². The highest BCUT2D eigenvalue weighted by atomic mass is 35.5. The van der Waals surface area contributed by atoms with Crippen molar-refractivity contribution in [2.45, 2.75) is 72.6 Å². The van der Waals surface area contributed by atoms with Gasteiger partial charge in [0.15, 0.2) is 0 Å². The van der Waals surface area contributed by atoms with Crippen LogP contribution in [0.3, 0.4) is 0 Å². The summed E-state index contributed by atoms with van der Waals surface area (Å²) in [7, 11) is 0. The molecule has 1 aliphatic carbocycles. The van der Waals surface area contributed by atoms with E-state index in [0.29, 0.717) is 36.1 Å². The number of likely N-dealkylation sites (tertiary alicyclic amines) is 1. The molecule has 1 aliphatic heterocycles. The minimum Gasteiger partial charge on any atom is -0.465 e. The first kappa shape index (κ1) is 27.0. The summed E-state index contributed by atoms with van der Waals surface area (Å²) in [5.41, 5.74) is 2.64. The summed E-state index contributed by atoms with van der Waals surface area (Å²) >= 11 is 6.30. The van der Waals surface area contributed by atoms with Crippen molar-refractivity contribution in [3.8, 4) is 0 Å². The molecule has 0 radical (unpaired) electrons. The van der Waals surface area contributed by atoms with E-state index in [9.17, 15) is 9.59 Å². The minimum absolute atomic E-state index is 0. The molecule has 0 unspecified atom stereocenters. The molecule has 0 bridgehead atoms. The number of rotatable bonds is 4. The Morgan fingerprint density at radius 3 is 2.29 bits per heavy atom. The van der Waals surface area contributed by atoms with Gasteiger partial charge in [-0.1, -0.05) is 76.3 Å². The van der Waals surface area contributed by atoms with Gasteiger partial charge in [-0.2, -0.15) is 0 Å². The van der Waals surface area contributed by atoms with Gasteiger partial charge in [-0.25, -0.2) is 4.79 Å². The van der Waals surface area contributed by atoms with Gasteiger partial charge < -0.3 is 15.3 Å². The van der Waals surface area contributed by atoms with Crippen LogP contribution >= 0.6 is 11.6 Å². The number of carbonyl (C=O) groups is 2. The van der Waals surface area contributed by atoms with E-state index in [2.05, 4.69) is 11.4 Å². The fraction of sp³-hybridized carbons (Fsp3) is 0.600. The summed E-state index contributed by atoms with van der Waals surface area (Å²) in [5.74, 6) is 0.445. The van der Waals surface area contributed by atoms with Gasteiger partial charge in [0, 0.05) is 19.6 Å². The second kappa shape index (κ2) is 13.4. The summed E-state index contributed by atoms with van der Waals surface area (Å²) in [6.45, 7) is 1.75. The quantitative estimate of drug-likeness (QED) is 0.526. The number of amides is 2. The van der Waals surface area contributed by atoms with Gasteiger partial charge in [-0.15, -0.1) is 0 Å². The van der Waals surface area contributed by atoms with Gasteiger partial charge in [0.1, 0.15) is 0 Å². The second-order valence-corrected chi connectivity index (χ2v) is 8.64. The first-order valence-electron chi connectivity index (χ1n) is 10.8. The van der Waals surface area contributed by atoms with Crippen LogP contribution in [0.5, 0.6) is 0 Å². The maximum Gasteiger partial charge on any atom is 0.407 e. The van der Waals surface area contributed by atoms with Crippen molar-refractivity contribution in [3.63, 3.8) is 0 Å². The molecule has 0 spiro atoms. The van der Waals surface area contributed by atoms with Gasteiger partial charge in [0.2, 0.25) is 0 Å². The van der Waals surface area contributed by atoms with Crippen LogP contribution in [0, 0.1) is 5.92 Å². The first-order chi connectivity index (χ1) is 14.0. The van der Waals surface area contributed by atoms with E-state index in [0.717, 1.165) is 18.4 Å². The maximum absolute atomic E-state index is 12.7. The standard InChI is InChI=1S/C23H31ClN2O3.2CH4/c24-21-9-8-19(14-17-10-12-26(13-11-17)23(28)29)15-20(21)22(27)25-16-18-6-4-2-1-3-5-7-18;;/h8-9,14-15,18H,1-7,10-13,16H2,(H,25,27)(H,28,29);2*1H4. The van der Waals surface area contributed by atoms with Gasteiger partial charge in [0.05, 0.1) is 10.6 Å². The van der Waals surface area contributed by atoms with Crippen LogP contribution in [0.4, 0.5) is 4.79 Å². The molecule has 1 aromatic rings. The normalized spacial score (nSPS) is 17.5. The summed E-state index contributed by atoms with van der Waals surface area (Å²) in [6.07, 6.45) is 11.5. The lowest BCUT2D eigenvalue weighted by atomic mass is 9.91. The van der Waals surface area contributed by atoms with E-state index in [-0.39, 0.29) is 20.8 Å². The molecular formula is C25H39ClN2O3. The molecule has 2 amide bonds. The maximum atomic E-state index is 12.7. The van der Waals surface area contributed by atoms with Crippen LogP contribution in [0.1, 0.15) is 88.6 Å². The van der Waals surface area contributed by atoms with Crippen LogP contribution in [-0.4, -0.2) is 41.6 Å². The highest BCUT2D eigenvalue weighted by Crippen LogP contribution is 2.24. The van der Waals surface area contributed by atoms with Crippen molar-refractivity contribution in [3.05, 3.63) is 39.9 Å². The van der Waals surface area contributed by atoms with Crippen molar-refractivity contribution in [2.75, 3.05) is 19.6 Å². The molecule has 1 saturated heterocycles. The average Bonchev–Trinajstić information content (AvgIpc) is 2.69. The summed E-state index contributed by atoms with van der Waals surface area (Å²) in [4.78, 5) is 25.2. The third-order valence-electron chi connectivity index (χ3n) is 6.06. The Balaban J connectivity index is 0.00000240. The minimum atomic E-state index is -0.862. The van der Waals surface area contributed by atoms with Gasteiger partial charge >= 0.3 is 6.09 Å². The molecular weight excluding hydrogens is 412 g/mol. The van der Waals surface area contributed by atoms with E-state index in [1.165, 1.54) is 55.4 Å². The van der Waals surface area contributed by atoms with E-state index < -0.39 is 6.09 Å². The smallest absolute Gasteiger partial charge is 0.407 e. The SMILES string of the molecule is C.C.O=C(NCC1CCCCCCC1)c1cc(C=C2CCN(C(=O)O)CC2)ccc1Cl. The number of nitrogens with zero attached hydrogens (tertiary/aromatic N) is 1. The number of benzene rings is 1. The lowest BCUT2D eigenvalue weighted by molar-refractivity contribution is 0.0944. The highest BCUT2D eigenvalue weighted by Gasteiger charge is 2.19. The fourth-order valence-corrected chi connectivity index (χ4v) is 4.45. The van der Waals surface area contributed by atoms with Crippen LogP contribution in [0.25, 0.3) is 6.08 Å². The molecule has 31 heavy (non-hydrogen) atoms. The van der Waals surface area contributed by atoms with Gasteiger partial charge in [-0.3, -0.25) is 4.79 Å². The Morgan fingerprint density at radius 2 is 1.68 bits per heavy atom. The number of carboxylic acid groups (broad SMARTS) is 1. The molecule has 6 heteroatoms. The molecule has 0 atom stereocenters. The molecule has 1 heterocycles. The highest BCUT2D eigenvalue weighted by molar-refractivity contribution is 6.33. The predicted octanol–water partition coefficient (Wildman–Crippen LogP) is 6.86. The first-order valence-corrected chi connectivity index (χ1v) is 11.2.